The first-order chi connectivity index (χ1) is 7.20. The topological polar surface area (TPSA) is 8.17 Å². The van der Waals surface area contributed by atoms with Gasteiger partial charge < -0.3 is 9.47 Å². The smallest absolute Gasteiger partial charge is 0.101 e. The first-order valence-electron chi connectivity index (χ1n) is 5.17. The average Bonchev–Trinajstić information content (AvgIpc) is 2.68. The predicted octanol–water partition coefficient (Wildman–Crippen LogP) is 3.07. The highest BCUT2D eigenvalue weighted by atomic mass is 32.2. The summed E-state index contributed by atoms with van der Waals surface area (Å²) in [5.41, 5.74) is 2.72. The van der Waals surface area contributed by atoms with Crippen molar-refractivity contribution in [2.45, 2.75) is 17.3 Å². The maximum atomic E-state index is 2.36. The summed E-state index contributed by atoms with van der Waals surface area (Å²) in [5.74, 6) is 0. The van der Waals surface area contributed by atoms with Gasteiger partial charge in [0.1, 0.15) is 5.03 Å². The van der Waals surface area contributed by atoms with Crippen molar-refractivity contribution in [2.75, 3.05) is 11.9 Å². The lowest BCUT2D eigenvalue weighted by atomic mass is 10.2. The number of hydrogen-bond acceptors (Lipinski definition) is 2. The number of aromatic nitrogens is 1. The molecule has 1 aromatic carbocycles. The predicted molar refractivity (Wildman–Crippen MR) is 66.6 cm³/mol. The minimum atomic E-state index is 0.547. The van der Waals surface area contributed by atoms with Gasteiger partial charge in [-0.1, -0.05) is 30.0 Å². The minimum absolute atomic E-state index is 0.547. The Morgan fingerprint density at radius 3 is 2.73 bits per heavy atom. The van der Waals surface area contributed by atoms with E-state index < -0.39 is 0 Å². The van der Waals surface area contributed by atoms with E-state index in [-0.39, 0.29) is 0 Å². The molecule has 1 aromatic heterocycles. The molecule has 0 radical (unpaired) electrons. The van der Waals surface area contributed by atoms with Crippen LogP contribution in [-0.2, 0) is 7.05 Å². The Kier molecular flexibility index (Phi) is 1.80. The third-order valence-corrected chi connectivity index (χ3v) is 4.56. The summed E-state index contributed by atoms with van der Waals surface area (Å²) in [7, 11) is 4.33. The Labute approximate surface area is 93.9 Å². The second kappa shape index (κ2) is 2.95. The van der Waals surface area contributed by atoms with Gasteiger partial charge in [0.15, 0.2) is 0 Å². The molecule has 2 heterocycles. The summed E-state index contributed by atoms with van der Waals surface area (Å²) < 4.78 is 2.30. The largest absolute Gasteiger partial charge is 0.360 e. The Bertz CT molecular complexity index is 530. The van der Waals surface area contributed by atoms with Crippen molar-refractivity contribution in [3.63, 3.8) is 0 Å². The molecular weight excluding hydrogens is 204 g/mol. The molecule has 0 aliphatic carbocycles. The Morgan fingerprint density at radius 1 is 1.20 bits per heavy atom. The van der Waals surface area contributed by atoms with Crippen LogP contribution < -0.4 is 4.90 Å². The summed E-state index contributed by atoms with van der Waals surface area (Å²) in [6.45, 7) is 2.25. The molecule has 1 aliphatic heterocycles. The Hall–Kier alpha value is -1.09. The number of nitrogens with zero attached hydrogens (tertiary/aromatic N) is 2. The summed E-state index contributed by atoms with van der Waals surface area (Å²) in [6.07, 6.45) is 0. The number of rotatable bonds is 0. The van der Waals surface area contributed by atoms with Crippen molar-refractivity contribution in [1.29, 1.82) is 0 Å². The molecule has 0 saturated heterocycles. The first kappa shape index (κ1) is 9.16. The van der Waals surface area contributed by atoms with Gasteiger partial charge in [-0.15, -0.1) is 0 Å². The Morgan fingerprint density at radius 2 is 1.93 bits per heavy atom. The highest BCUT2D eigenvalue weighted by molar-refractivity contribution is 8.00. The van der Waals surface area contributed by atoms with Crippen LogP contribution in [0.25, 0.3) is 10.9 Å². The first-order valence-corrected chi connectivity index (χ1v) is 6.05. The third-order valence-electron chi connectivity index (χ3n) is 3.21. The molecule has 0 amide bonds. The van der Waals surface area contributed by atoms with Gasteiger partial charge in [0.25, 0.3) is 0 Å². The fourth-order valence-electron chi connectivity index (χ4n) is 2.25. The van der Waals surface area contributed by atoms with Gasteiger partial charge >= 0.3 is 0 Å². The van der Waals surface area contributed by atoms with Crippen LogP contribution in [0.2, 0.25) is 0 Å². The van der Waals surface area contributed by atoms with Crippen molar-refractivity contribution >= 4 is 28.4 Å². The molecule has 0 N–H and O–H groups in total. The van der Waals surface area contributed by atoms with Crippen molar-refractivity contribution in [3.05, 3.63) is 24.3 Å². The van der Waals surface area contributed by atoms with Crippen LogP contribution in [0, 0.1) is 0 Å². The zero-order chi connectivity index (χ0) is 10.6. The van der Waals surface area contributed by atoms with Crippen LogP contribution in [0.1, 0.15) is 6.92 Å². The lowest BCUT2D eigenvalue weighted by Gasteiger charge is -2.17. The number of thioether (sulfide) groups is 1. The zero-order valence-electron chi connectivity index (χ0n) is 9.19. The fourth-order valence-corrected chi connectivity index (χ4v) is 3.46. The highest BCUT2D eigenvalue weighted by Gasteiger charge is 2.29. The quantitative estimate of drug-likeness (QED) is 0.671. The molecule has 0 saturated carbocycles. The van der Waals surface area contributed by atoms with Gasteiger partial charge in [-0.25, -0.2) is 0 Å². The van der Waals surface area contributed by atoms with Gasteiger partial charge in [0.05, 0.1) is 16.6 Å². The van der Waals surface area contributed by atoms with Crippen molar-refractivity contribution in [1.82, 2.24) is 4.57 Å². The molecule has 15 heavy (non-hydrogen) atoms. The van der Waals surface area contributed by atoms with Gasteiger partial charge in [0, 0.05) is 19.5 Å². The minimum Gasteiger partial charge on any atom is -0.360 e. The van der Waals surface area contributed by atoms with E-state index in [9.17, 15) is 0 Å². The molecule has 0 bridgehead atoms. The lowest BCUT2D eigenvalue weighted by Crippen LogP contribution is -2.20. The second-order valence-corrected chi connectivity index (χ2v) is 5.36. The molecule has 1 atom stereocenters. The maximum Gasteiger partial charge on any atom is 0.101 e. The molecule has 0 fully saturated rings. The van der Waals surface area contributed by atoms with Gasteiger partial charge in [-0.3, -0.25) is 0 Å². The van der Waals surface area contributed by atoms with E-state index in [4.69, 9.17) is 0 Å². The molecule has 3 heteroatoms. The average molecular weight is 218 g/mol. The number of fused-ring (bicyclic) bond motifs is 3. The van der Waals surface area contributed by atoms with Crippen molar-refractivity contribution in [2.24, 2.45) is 7.05 Å². The number of hydrogen-bond donors (Lipinski definition) is 0. The van der Waals surface area contributed by atoms with Gasteiger partial charge in [-0.05, 0) is 13.0 Å². The van der Waals surface area contributed by atoms with E-state index in [1.807, 2.05) is 11.8 Å². The molecule has 1 unspecified atom stereocenters. The SMILES string of the molecule is CC1Sc2c(c3ccccc3n2C)N1C. The molecule has 1 aliphatic rings. The second-order valence-electron chi connectivity index (χ2n) is 4.06. The molecular formula is C12H14N2S. The van der Waals surface area contributed by atoms with Gasteiger partial charge in [-0.2, -0.15) is 0 Å². The van der Waals surface area contributed by atoms with Crippen LogP contribution >= 0.6 is 11.8 Å². The number of aryl methyl sites for hydroxylation is 1. The zero-order valence-corrected chi connectivity index (χ0v) is 10.0. The molecule has 0 spiro atoms. The fraction of sp³-hybridized carbons (Fsp3) is 0.333. The number of para-hydroxylation sites is 1. The monoisotopic (exact) mass is 218 g/mol. The lowest BCUT2D eigenvalue weighted by molar-refractivity contribution is 0.862. The van der Waals surface area contributed by atoms with Crippen molar-refractivity contribution < 1.29 is 0 Å². The summed E-state index contributed by atoms with van der Waals surface area (Å²) in [6, 6.07) is 8.62. The highest BCUT2D eigenvalue weighted by Crippen LogP contribution is 2.47. The maximum absolute atomic E-state index is 2.36. The standard InChI is InChI=1S/C12H14N2S/c1-8-13(2)11-9-6-4-5-7-10(9)14(3)12(11)15-8/h4-8H,1-3H3. The van der Waals surface area contributed by atoms with Gasteiger partial charge in [0.2, 0.25) is 0 Å². The summed E-state index contributed by atoms with van der Waals surface area (Å²) >= 11 is 1.94. The van der Waals surface area contributed by atoms with E-state index in [2.05, 4.69) is 54.8 Å². The summed E-state index contributed by atoms with van der Waals surface area (Å²) in [4.78, 5) is 2.36. The van der Waals surface area contributed by atoms with E-state index in [1.165, 1.54) is 21.6 Å². The molecule has 78 valence electrons. The van der Waals surface area contributed by atoms with E-state index in [1.54, 1.807) is 0 Å². The van der Waals surface area contributed by atoms with E-state index in [0.29, 0.717) is 5.37 Å². The molecule has 3 rings (SSSR count). The van der Waals surface area contributed by atoms with Crippen LogP contribution in [0.3, 0.4) is 0 Å². The van der Waals surface area contributed by atoms with Crippen LogP contribution in [0.5, 0.6) is 0 Å². The molecule has 2 aromatic rings. The Balaban J connectivity index is 2.39. The van der Waals surface area contributed by atoms with E-state index >= 15 is 0 Å². The number of anilines is 1. The van der Waals surface area contributed by atoms with Crippen LogP contribution in [0.15, 0.2) is 29.3 Å². The van der Waals surface area contributed by atoms with Crippen LogP contribution in [0.4, 0.5) is 5.69 Å². The van der Waals surface area contributed by atoms with Crippen molar-refractivity contribution in [3.8, 4) is 0 Å². The summed E-state index contributed by atoms with van der Waals surface area (Å²) in [5, 5.41) is 3.31. The third kappa shape index (κ3) is 1.07. The number of benzene rings is 1. The van der Waals surface area contributed by atoms with Crippen LogP contribution in [-0.4, -0.2) is 17.0 Å². The van der Waals surface area contributed by atoms with E-state index in [0.717, 1.165) is 0 Å². The molecule has 2 nitrogen and oxygen atoms in total. The normalized spacial score (nSPS) is 19.9.